The van der Waals surface area contributed by atoms with E-state index in [1.54, 1.807) is 0 Å². The van der Waals surface area contributed by atoms with Crippen LogP contribution in [0.5, 0.6) is 0 Å². The summed E-state index contributed by atoms with van der Waals surface area (Å²) in [6.07, 6.45) is 2.40. The summed E-state index contributed by atoms with van der Waals surface area (Å²) in [5, 5.41) is 0. The summed E-state index contributed by atoms with van der Waals surface area (Å²) >= 11 is 6.44. The SMILES string of the molecule is CC1(C)CCC(C)(Cl)C1(C)C. The number of halogens is 1. The lowest BCUT2D eigenvalue weighted by Gasteiger charge is -2.42. The van der Waals surface area contributed by atoms with Crippen molar-refractivity contribution in [3.05, 3.63) is 0 Å². The molecule has 1 heteroatoms. The molecule has 0 saturated heterocycles. The van der Waals surface area contributed by atoms with Gasteiger partial charge in [-0.1, -0.05) is 27.7 Å². The van der Waals surface area contributed by atoms with Crippen molar-refractivity contribution >= 4 is 11.6 Å². The topological polar surface area (TPSA) is 0 Å². The number of hydrogen-bond acceptors (Lipinski definition) is 0. The van der Waals surface area contributed by atoms with Crippen molar-refractivity contribution in [3.8, 4) is 0 Å². The highest BCUT2D eigenvalue weighted by atomic mass is 35.5. The van der Waals surface area contributed by atoms with Gasteiger partial charge in [0.1, 0.15) is 0 Å². The lowest BCUT2D eigenvalue weighted by atomic mass is 9.67. The highest BCUT2D eigenvalue weighted by molar-refractivity contribution is 6.24. The van der Waals surface area contributed by atoms with Crippen LogP contribution < -0.4 is 0 Å². The zero-order chi connectivity index (χ0) is 8.91. The van der Waals surface area contributed by atoms with Crippen LogP contribution in [-0.4, -0.2) is 4.87 Å². The molecule has 1 fully saturated rings. The van der Waals surface area contributed by atoms with Crippen LogP contribution in [0.3, 0.4) is 0 Å². The van der Waals surface area contributed by atoms with E-state index in [1.165, 1.54) is 6.42 Å². The molecule has 0 spiro atoms. The summed E-state index contributed by atoms with van der Waals surface area (Å²) < 4.78 is 0. The van der Waals surface area contributed by atoms with E-state index in [0.717, 1.165) is 6.42 Å². The molecule has 0 bridgehead atoms. The summed E-state index contributed by atoms with van der Waals surface area (Å²) in [4.78, 5) is -0.00347. The van der Waals surface area contributed by atoms with Gasteiger partial charge >= 0.3 is 0 Å². The number of rotatable bonds is 0. The van der Waals surface area contributed by atoms with E-state index in [4.69, 9.17) is 11.6 Å². The maximum Gasteiger partial charge on any atom is 0.0474 e. The Bertz CT molecular complexity index is 148. The first kappa shape index (κ1) is 9.38. The molecular weight excluding hydrogens is 156 g/mol. The molecule has 1 atom stereocenters. The molecule has 0 aliphatic heterocycles. The molecule has 1 aliphatic carbocycles. The molecule has 0 radical (unpaired) electrons. The third-order valence-electron chi connectivity index (χ3n) is 4.21. The smallest absolute Gasteiger partial charge is 0.0474 e. The zero-order valence-electron chi connectivity index (χ0n) is 8.29. The van der Waals surface area contributed by atoms with E-state index in [9.17, 15) is 0 Å². The van der Waals surface area contributed by atoms with E-state index in [1.807, 2.05) is 0 Å². The van der Waals surface area contributed by atoms with Gasteiger partial charge in [-0.15, -0.1) is 11.6 Å². The van der Waals surface area contributed by atoms with E-state index in [-0.39, 0.29) is 10.3 Å². The van der Waals surface area contributed by atoms with Gasteiger partial charge in [0.2, 0.25) is 0 Å². The highest BCUT2D eigenvalue weighted by Crippen LogP contribution is 2.60. The molecule has 66 valence electrons. The van der Waals surface area contributed by atoms with Gasteiger partial charge in [0.05, 0.1) is 0 Å². The Hall–Kier alpha value is 0.290. The van der Waals surface area contributed by atoms with Crippen molar-refractivity contribution in [2.75, 3.05) is 0 Å². The van der Waals surface area contributed by atoms with Crippen molar-refractivity contribution in [3.63, 3.8) is 0 Å². The van der Waals surface area contributed by atoms with Crippen LogP contribution in [0.2, 0.25) is 0 Å². The Morgan fingerprint density at radius 3 is 1.45 bits per heavy atom. The summed E-state index contributed by atoms with van der Waals surface area (Å²) in [5.41, 5.74) is 0.644. The van der Waals surface area contributed by atoms with Crippen LogP contribution in [0.25, 0.3) is 0 Å². The van der Waals surface area contributed by atoms with Gasteiger partial charge in [-0.2, -0.15) is 0 Å². The Labute approximate surface area is 75.3 Å². The lowest BCUT2D eigenvalue weighted by molar-refractivity contribution is 0.129. The van der Waals surface area contributed by atoms with Crippen molar-refractivity contribution in [1.82, 2.24) is 0 Å². The van der Waals surface area contributed by atoms with Gasteiger partial charge in [-0.3, -0.25) is 0 Å². The van der Waals surface area contributed by atoms with Crippen LogP contribution >= 0.6 is 11.6 Å². The Morgan fingerprint density at radius 1 is 0.909 bits per heavy atom. The third kappa shape index (κ3) is 1.11. The molecule has 1 unspecified atom stereocenters. The second-order valence-corrected chi connectivity index (χ2v) is 6.04. The van der Waals surface area contributed by atoms with Crippen molar-refractivity contribution in [2.45, 2.75) is 52.3 Å². The molecule has 1 saturated carbocycles. The molecule has 0 nitrogen and oxygen atoms in total. The van der Waals surface area contributed by atoms with Gasteiger partial charge in [0.25, 0.3) is 0 Å². The summed E-state index contributed by atoms with van der Waals surface area (Å²) in [7, 11) is 0. The fourth-order valence-corrected chi connectivity index (χ4v) is 2.23. The molecular formula is C10H19Cl. The molecule has 0 aromatic rings. The van der Waals surface area contributed by atoms with Crippen LogP contribution in [0, 0.1) is 10.8 Å². The molecule has 1 aliphatic rings. The maximum atomic E-state index is 6.44. The Morgan fingerprint density at radius 2 is 1.36 bits per heavy atom. The predicted molar refractivity (Wildman–Crippen MR) is 51.1 cm³/mol. The van der Waals surface area contributed by atoms with Gasteiger partial charge in [-0.25, -0.2) is 0 Å². The van der Waals surface area contributed by atoms with E-state index in [0.29, 0.717) is 5.41 Å². The van der Waals surface area contributed by atoms with E-state index >= 15 is 0 Å². The van der Waals surface area contributed by atoms with Crippen LogP contribution in [0.15, 0.2) is 0 Å². The Kier molecular flexibility index (Phi) is 1.84. The van der Waals surface area contributed by atoms with Crippen LogP contribution in [0.4, 0.5) is 0 Å². The third-order valence-corrected chi connectivity index (χ3v) is 4.88. The largest absolute Gasteiger partial charge is 0.119 e. The molecule has 0 aromatic carbocycles. The van der Waals surface area contributed by atoms with Crippen LogP contribution in [-0.2, 0) is 0 Å². The van der Waals surface area contributed by atoms with Gasteiger partial charge < -0.3 is 0 Å². The fraction of sp³-hybridized carbons (Fsp3) is 1.00. The first-order valence-corrected chi connectivity index (χ1v) is 4.77. The molecule has 1 rings (SSSR count). The van der Waals surface area contributed by atoms with Crippen LogP contribution in [0.1, 0.15) is 47.5 Å². The van der Waals surface area contributed by atoms with Gasteiger partial charge in [0, 0.05) is 4.87 Å². The maximum absolute atomic E-state index is 6.44. The standard InChI is InChI=1S/C10H19Cl/c1-8(2)6-7-10(5,11)9(8,3)4/h6-7H2,1-5H3. The zero-order valence-corrected chi connectivity index (χ0v) is 9.05. The minimum atomic E-state index is -0.00347. The average molecular weight is 175 g/mol. The normalized spacial score (nSPS) is 40.9. The minimum absolute atomic E-state index is 0.00347. The van der Waals surface area contributed by atoms with Gasteiger partial charge in [-0.05, 0) is 30.6 Å². The van der Waals surface area contributed by atoms with Gasteiger partial charge in [0.15, 0.2) is 0 Å². The monoisotopic (exact) mass is 174 g/mol. The molecule has 0 amide bonds. The second kappa shape index (κ2) is 2.16. The van der Waals surface area contributed by atoms with E-state index in [2.05, 4.69) is 34.6 Å². The van der Waals surface area contributed by atoms with Crippen molar-refractivity contribution in [2.24, 2.45) is 10.8 Å². The second-order valence-electron chi connectivity index (χ2n) is 5.21. The molecule has 0 aromatic heterocycles. The Balaban J connectivity index is 3.00. The summed E-state index contributed by atoms with van der Waals surface area (Å²) in [6.45, 7) is 11.4. The lowest BCUT2D eigenvalue weighted by Crippen LogP contribution is -2.39. The molecule has 0 N–H and O–H groups in total. The number of alkyl halides is 1. The average Bonchev–Trinajstić information content (AvgIpc) is 1.93. The first-order valence-electron chi connectivity index (χ1n) is 4.40. The first-order chi connectivity index (χ1) is 4.71. The molecule has 0 heterocycles. The number of hydrogen-bond donors (Lipinski definition) is 0. The molecule has 11 heavy (non-hydrogen) atoms. The highest BCUT2D eigenvalue weighted by Gasteiger charge is 2.54. The predicted octanol–water partition coefficient (Wildman–Crippen LogP) is 3.83. The van der Waals surface area contributed by atoms with Crippen molar-refractivity contribution in [1.29, 1.82) is 0 Å². The summed E-state index contributed by atoms with van der Waals surface area (Å²) in [5.74, 6) is 0. The van der Waals surface area contributed by atoms with Crippen molar-refractivity contribution < 1.29 is 0 Å². The fourth-order valence-electron chi connectivity index (χ4n) is 1.88. The summed E-state index contributed by atoms with van der Waals surface area (Å²) in [6, 6.07) is 0. The van der Waals surface area contributed by atoms with E-state index < -0.39 is 0 Å². The quantitative estimate of drug-likeness (QED) is 0.490. The minimum Gasteiger partial charge on any atom is -0.119 e.